The van der Waals surface area contributed by atoms with Gasteiger partial charge in [0.15, 0.2) is 11.5 Å². The van der Waals surface area contributed by atoms with Gasteiger partial charge in [0.2, 0.25) is 0 Å². The molecule has 0 bridgehead atoms. The number of benzene rings is 2. The second kappa shape index (κ2) is 12.4. The quantitative estimate of drug-likeness (QED) is 0.195. The van der Waals surface area contributed by atoms with Gasteiger partial charge in [0, 0.05) is 23.9 Å². The molecule has 1 saturated heterocycles. The van der Waals surface area contributed by atoms with Gasteiger partial charge in [-0.25, -0.2) is 4.68 Å². The van der Waals surface area contributed by atoms with Crippen LogP contribution in [0.15, 0.2) is 59.6 Å². The molecule has 194 valence electrons. The summed E-state index contributed by atoms with van der Waals surface area (Å²) < 4.78 is 13.4. The Bertz CT molecular complexity index is 1290. The van der Waals surface area contributed by atoms with Crippen LogP contribution < -0.4 is 9.47 Å². The van der Waals surface area contributed by atoms with Crippen molar-refractivity contribution in [3.05, 3.63) is 65.2 Å². The van der Waals surface area contributed by atoms with Crippen LogP contribution in [0.1, 0.15) is 45.1 Å². The number of carbonyl (C=O) groups excluding carboxylic acids is 1. The number of hydrogen-bond acceptors (Lipinski definition) is 6. The Balaban J connectivity index is 1.72. The third-order valence-electron chi connectivity index (χ3n) is 6.56. The molecule has 1 atom stereocenters. The van der Waals surface area contributed by atoms with E-state index in [-0.39, 0.29) is 5.91 Å². The molecule has 0 saturated carbocycles. The van der Waals surface area contributed by atoms with Crippen molar-refractivity contribution in [3.8, 4) is 28.4 Å². The van der Waals surface area contributed by atoms with E-state index in [9.17, 15) is 4.79 Å². The van der Waals surface area contributed by atoms with Gasteiger partial charge < -0.3 is 9.47 Å². The lowest BCUT2D eigenvalue weighted by Crippen LogP contribution is -2.33. The van der Waals surface area contributed by atoms with Crippen molar-refractivity contribution in [1.29, 1.82) is 0 Å². The molecule has 4 rings (SSSR count). The molecule has 2 aromatic carbocycles. The smallest absolute Gasteiger partial charge is 0.266 e. The molecule has 0 aliphatic carbocycles. The number of aromatic nitrogens is 2. The molecular formula is C29H33N3O3S2. The monoisotopic (exact) mass is 535 g/mol. The first kappa shape index (κ1) is 26.9. The fraction of sp³-hybridized carbons (Fsp3) is 0.345. The summed E-state index contributed by atoms with van der Waals surface area (Å²) in [5, 5.41) is 4.89. The van der Waals surface area contributed by atoms with Crippen molar-refractivity contribution in [1.82, 2.24) is 14.7 Å². The summed E-state index contributed by atoms with van der Waals surface area (Å²) in [7, 11) is 3.22. The van der Waals surface area contributed by atoms with E-state index in [2.05, 4.69) is 13.8 Å². The summed E-state index contributed by atoms with van der Waals surface area (Å²) in [6, 6.07) is 15.6. The maximum absolute atomic E-state index is 13.4. The number of para-hydroxylation sites is 1. The minimum absolute atomic E-state index is 0.0318. The second-order valence-corrected chi connectivity index (χ2v) is 10.7. The number of thiocarbonyl (C=S) groups is 1. The molecule has 2 heterocycles. The zero-order chi connectivity index (χ0) is 26.4. The molecule has 1 aliphatic heterocycles. The first-order chi connectivity index (χ1) is 18.0. The summed E-state index contributed by atoms with van der Waals surface area (Å²) in [6.45, 7) is 5.05. The molecule has 0 spiro atoms. The van der Waals surface area contributed by atoms with Crippen molar-refractivity contribution in [2.75, 3.05) is 20.8 Å². The third kappa shape index (κ3) is 6.08. The van der Waals surface area contributed by atoms with Crippen LogP contribution in [-0.2, 0) is 4.79 Å². The molecule has 37 heavy (non-hydrogen) atoms. The zero-order valence-corrected chi connectivity index (χ0v) is 23.4. The van der Waals surface area contributed by atoms with Crippen molar-refractivity contribution in [2.24, 2.45) is 5.92 Å². The predicted molar refractivity (Wildman–Crippen MR) is 155 cm³/mol. The summed E-state index contributed by atoms with van der Waals surface area (Å²) >= 11 is 7.00. The van der Waals surface area contributed by atoms with Gasteiger partial charge in [-0.1, -0.05) is 75.3 Å². The number of carbonyl (C=O) groups is 1. The Morgan fingerprint density at radius 2 is 1.84 bits per heavy atom. The topological polar surface area (TPSA) is 56.6 Å². The molecule has 8 heteroatoms. The standard InChI is InChI=1S/C29H33N3O3S2/c1-5-7-11-20(6-2)18-31-28(33)26(37-29(31)36)17-22-19-32(23-12-9-8-10-13-23)30-27(22)21-14-15-24(34-3)25(16-21)35-4/h8-10,12-17,19-20H,5-7,11,18H2,1-4H3. The Kier molecular flexibility index (Phi) is 9.05. The van der Waals surface area contributed by atoms with Crippen LogP contribution in [0.5, 0.6) is 11.5 Å². The number of ether oxygens (including phenoxy) is 2. The molecule has 1 aliphatic rings. The van der Waals surface area contributed by atoms with Crippen LogP contribution in [0.25, 0.3) is 23.0 Å². The molecule has 0 radical (unpaired) electrons. The number of rotatable bonds is 11. The number of unbranched alkanes of at least 4 members (excludes halogenated alkanes) is 1. The van der Waals surface area contributed by atoms with E-state index in [0.29, 0.717) is 33.2 Å². The van der Waals surface area contributed by atoms with Crippen molar-refractivity contribution in [2.45, 2.75) is 39.5 Å². The van der Waals surface area contributed by atoms with E-state index in [4.69, 9.17) is 26.8 Å². The van der Waals surface area contributed by atoms with E-state index in [0.717, 1.165) is 48.2 Å². The number of amides is 1. The normalized spacial score (nSPS) is 15.5. The van der Waals surface area contributed by atoms with Crippen LogP contribution in [-0.4, -0.2) is 45.7 Å². The van der Waals surface area contributed by atoms with Crippen LogP contribution in [0, 0.1) is 5.92 Å². The average molecular weight is 536 g/mol. The van der Waals surface area contributed by atoms with E-state index < -0.39 is 0 Å². The predicted octanol–water partition coefficient (Wildman–Crippen LogP) is 6.97. The molecule has 6 nitrogen and oxygen atoms in total. The van der Waals surface area contributed by atoms with Gasteiger partial charge in [-0.05, 0) is 48.7 Å². The fourth-order valence-corrected chi connectivity index (χ4v) is 5.65. The minimum atomic E-state index is -0.0318. The third-order valence-corrected chi connectivity index (χ3v) is 7.94. The SMILES string of the molecule is CCCCC(CC)CN1C(=O)C(=Cc2cn(-c3ccccc3)nc2-c2ccc(OC)c(OC)c2)SC1=S. The van der Waals surface area contributed by atoms with Crippen molar-refractivity contribution in [3.63, 3.8) is 0 Å². The molecule has 1 fully saturated rings. The first-order valence-corrected chi connectivity index (χ1v) is 13.8. The van der Waals surface area contributed by atoms with E-state index in [1.54, 1.807) is 19.1 Å². The van der Waals surface area contributed by atoms with Gasteiger partial charge in [0.25, 0.3) is 5.91 Å². The van der Waals surface area contributed by atoms with Crippen LogP contribution >= 0.6 is 24.0 Å². The number of thioether (sulfide) groups is 1. The summed E-state index contributed by atoms with van der Waals surface area (Å²) in [6.07, 6.45) is 8.31. The van der Waals surface area contributed by atoms with Gasteiger partial charge in [-0.3, -0.25) is 9.69 Å². The number of methoxy groups -OCH3 is 2. The van der Waals surface area contributed by atoms with Crippen LogP contribution in [0.3, 0.4) is 0 Å². The lowest BCUT2D eigenvalue weighted by Gasteiger charge is -2.21. The lowest BCUT2D eigenvalue weighted by molar-refractivity contribution is -0.122. The maximum Gasteiger partial charge on any atom is 0.266 e. The number of nitrogens with zero attached hydrogens (tertiary/aromatic N) is 3. The molecule has 1 unspecified atom stereocenters. The highest BCUT2D eigenvalue weighted by Gasteiger charge is 2.33. The summed E-state index contributed by atoms with van der Waals surface area (Å²) in [5.41, 5.74) is 3.36. The molecule has 1 aromatic heterocycles. The van der Waals surface area contributed by atoms with Gasteiger partial charge in [-0.15, -0.1) is 0 Å². The highest BCUT2D eigenvalue weighted by molar-refractivity contribution is 8.26. The molecule has 1 amide bonds. The van der Waals surface area contributed by atoms with Gasteiger partial charge in [-0.2, -0.15) is 5.10 Å². The highest BCUT2D eigenvalue weighted by Crippen LogP contribution is 2.37. The minimum Gasteiger partial charge on any atom is -0.493 e. The van der Waals surface area contributed by atoms with Crippen molar-refractivity contribution < 1.29 is 14.3 Å². The Morgan fingerprint density at radius 1 is 1.08 bits per heavy atom. The van der Waals surface area contributed by atoms with Gasteiger partial charge in [0.1, 0.15) is 10.0 Å². The highest BCUT2D eigenvalue weighted by atomic mass is 32.2. The summed E-state index contributed by atoms with van der Waals surface area (Å²) in [5.74, 6) is 1.68. The van der Waals surface area contributed by atoms with Crippen molar-refractivity contribution >= 4 is 40.3 Å². The molecular weight excluding hydrogens is 502 g/mol. The van der Waals surface area contributed by atoms with Crippen LogP contribution in [0.4, 0.5) is 0 Å². The average Bonchev–Trinajstić information content (AvgIpc) is 3.47. The van der Waals surface area contributed by atoms with E-state index in [1.165, 1.54) is 11.8 Å². The number of hydrogen-bond donors (Lipinski definition) is 0. The zero-order valence-electron chi connectivity index (χ0n) is 21.8. The molecule has 0 N–H and O–H groups in total. The van der Waals surface area contributed by atoms with Gasteiger partial charge in [0.05, 0.1) is 24.8 Å². The summed E-state index contributed by atoms with van der Waals surface area (Å²) in [4.78, 5) is 15.8. The lowest BCUT2D eigenvalue weighted by atomic mass is 9.99. The maximum atomic E-state index is 13.4. The van der Waals surface area contributed by atoms with Crippen LogP contribution in [0.2, 0.25) is 0 Å². The Labute approximate surface area is 228 Å². The fourth-order valence-electron chi connectivity index (χ4n) is 4.39. The van der Waals surface area contributed by atoms with E-state index in [1.807, 2.05) is 65.5 Å². The molecule has 3 aromatic rings. The van der Waals surface area contributed by atoms with Gasteiger partial charge >= 0.3 is 0 Å². The van der Waals surface area contributed by atoms with E-state index >= 15 is 0 Å². The first-order valence-electron chi connectivity index (χ1n) is 12.6. The largest absolute Gasteiger partial charge is 0.493 e. The second-order valence-electron chi connectivity index (χ2n) is 8.99. The Morgan fingerprint density at radius 3 is 2.51 bits per heavy atom. The Hall–Kier alpha value is -3.10.